The lowest BCUT2D eigenvalue weighted by Crippen LogP contribution is -2.18. The molecule has 0 N–H and O–H groups in total. The maximum atomic E-state index is 12.3. The number of hydrogen-bond donors (Lipinski definition) is 0. The lowest BCUT2D eigenvalue weighted by molar-refractivity contribution is -0.144. The van der Waals surface area contributed by atoms with Crippen molar-refractivity contribution in [2.75, 3.05) is 12.9 Å². The standard InChI is InChI=1S/C37H37ClN2O3S2/c1-4-26(37(41)42-3)22-44-23-33-36-35-31(18-24(2)45-36)34(17-16-32(35)40(33)20-25-10-13-29(38)14-11-25)43-21-30-15-12-28(19-39-30)27-8-6-5-7-9-27/h5-17,19,24,26H,4,18,20-23H2,1-3H3/t24?,26-/m0/s1. The predicted molar refractivity (Wildman–Crippen MR) is 187 cm³/mol. The van der Waals surface area contributed by atoms with Crippen molar-refractivity contribution in [3.8, 4) is 16.9 Å². The first-order chi connectivity index (χ1) is 21.9. The minimum absolute atomic E-state index is 0.108. The highest BCUT2D eigenvalue weighted by Gasteiger charge is 2.29. The van der Waals surface area contributed by atoms with Crippen LogP contribution in [0.4, 0.5) is 0 Å². The van der Waals surface area contributed by atoms with E-state index in [-0.39, 0.29) is 11.9 Å². The minimum Gasteiger partial charge on any atom is -0.487 e. The topological polar surface area (TPSA) is 53.4 Å². The number of carbonyl (C=O) groups excluding carboxylic acids is 1. The molecule has 6 rings (SSSR count). The maximum Gasteiger partial charge on any atom is 0.309 e. The van der Waals surface area contributed by atoms with E-state index < -0.39 is 0 Å². The van der Waals surface area contributed by atoms with E-state index in [9.17, 15) is 4.79 Å². The number of nitrogens with zero attached hydrogens (tertiary/aromatic N) is 2. The Morgan fingerprint density at radius 3 is 2.58 bits per heavy atom. The number of carbonyl (C=O) groups is 1. The molecular weight excluding hydrogens is 620 g/mol. The second kappa shape index (κ2) is 14.4. The number of aromatic nitrogens is 2. The van der Waals surface area contributed by atoms with Crippen LogP contribution in [0.3, 0.4) is 0 Å². The van der Waals surface area contributed by atoms with Gasteiger partial charge in [0, 0.05) is 61.6 Å². The van der Waals surface area contributed by atoms with E-state index in [1.54, 1.807) is 11.8 Å². The quantitative estimate of drug-likeness (QED) is 0.125. The highest BCUT2D eigenvalue weighted by atomic mass is 35.5. The molecule has 2 atom stereocenters. The van der Waals surface area contributed by atoms with Gasteiger partial charge in [-0.25, -0.2) is 0 Å². The lowest BCUT2D eigenvalue weighted by atomic mass is 10.0. The summed E-state index contributed by atoms with van der Waals surface area (Å²) in [5.41, 5.74) is 8.10. The molecule has 0 saturated heterocycles. The summed E-state index contributed by atoms with van der Waals surface area (Å²) in [6, 6.07) is 26.9. The normalized spacial score (nSPS) is 14.8. The first kappa shape index (κ1) is 31.6. The highest BCUT2D eigenvalue weighted by Crippen LogP contribution is 2.48. The molecule has 45 heavy (non-hydrogen) atoms. The van der Waals surface area contributed by atoms with E-state index in [0.29, 0.717) is 11.9 Å². The van der Waals surface area contributed by atoms with Crippen LogP contribution in [-0.4, -0.2) is 33.6 Å². The molecule has 1 aliphatic rings. The van der Waals surface area contributed by atoms with Gasteiger partial charge in [-0.15, -0.1) is 11.8 Å². The molecule has 3 aromatic carbocycles. The molecule has 0 spiro atoms. The number of thioether (sulfide) groups is 2. The molecule has 0 amide bonds. The van der Waals surface area contributed by atoms with Crippen LogP contribution in [0.25, 0.3) is 22.0 Å². The Kier molecular flexibility index (Phi) is 10.1. The molecule has 2 aromatic heterocycles. The number of esters is 1. The van der Waals surface area contributed by atoms with Crippen molar-refractivity contribution < 1.29 is 14.3 Å². The largest absolute Gasteiger partial charge is 0.487 e. The lowest BCUT2D eigenvalue weighted by Gasteiger charge is -2.22. The number of hydrogen-bond acceptors (Lipinski definition) is 6. The molecule has 5 aromatic rings. The first-order valence-electron chi connectivity index (χ1n) is 15.3. The second-order valence-corrected chi connectivity index (χ2v) is 14.3. The Morgan fingerprint density at radius 2 is 1.87 bits per heavy atom. The van der Waals surface area contributed by atoms with Gasteiger partial charge in [-0.05, 0) is 54.3 Å². The van der Waals surface area contributed by atoms with E-state index >= 15 is 0 Å². The van der Waals surface area contributed by atoms with Gasteiger partial charge in [-0.3, -0.25) is 9.78 Å². The Morgan fingerprint density at radius 1 is 1.07 bits per heavy atom. The Labute approximate surface area is 278 Å². The van der Waals surface area contributed by atoms with Crippen LogP contribution in [0.15, 0.2) is 90.0 Å². The van der Waals surface area contributed by atoms with Gasteiger partial charge in [0.15, 0.2) is 0 Å². The number of rotatable bonds is 12. The third kappa shape index (κ3) is 7.06. The van der Waals surface area contributed by atoms with Gasteiger partial charge < -0.3 is 14.0 Å². The van der Waals surface area contributed by atoms with E-state index in [4.69, 9.17) is 26.1 Å². The molecule has 0 aliphatic carbocycles. The summed E-state index contributed by atoms with van der Waals surface area (Å²) < 4.78 is 14.0. The van der Waals surface area contributed by atoms with Crippen molar-refractivity contribution in [3.63, 3.8) is 0 Å². The Hall–Kier alpha value is -3.39. The smallest absolute Gasteiger partial charge is 0.309 e. The van der Waals surface area contributed by atoms with E-state index in [0.717, 1.165) is 58.5 Å². The second-order valence-electron chi connectivity index (χ2n) is 11.4. The van der Waals surface area contributed by atoms with Crippen LogP contribution < -0.4 is 4.74 Å². The summed E-state index contributed by atoms with van der Waals surface area (Å²) in [6.07, 6.45) is 3.62. The molecule has 1 unspecified atom stereocenters. The molecule has 3 heterocycles. The van der Waals surface area contributed by atoms with Gasteiger partial charge in [0.05, 0.1) is 24.2 Å². The van der Waals surface area contributed by atoms with Crippen LogP contribution in [0, 0.1) is 5.92 Å². The van der Waals surface area contributed by atoms with Crippen molar-refractivity contribution in [1.82, 2.24) is 9.55 Å². The van der Waals surface area contributed by atoms with Crippen LogP contribution in [-0.2, 0) is 34.9 Å². The van der Waals surface area contributed by atoms with Gasteiger partial charge in [-0.1, -0.05) is 74.0 Å². The van der Waals surface area contributed by atoms with Crippen LogP contribution in [0.2, 0.25) is 5.02 Å². The summed E-state index contributed by atoms with van der Waals surface area (Å²) in [7, 11) is 1.47. The van der Waals surface area contributed by atoms with Crippen molar-refractivity contribution >= 4 is 52.0 Å². The van der Waals surface area contributed by atoms with Crippen molar-refractivity contribution in [2.24, 2.45) is 5.92 Å². The zero-order valence-electron chi connectivity index (χ0n) is 25.8. The fourth-order valence-corrected chi connectivity index (χ4v) is 8.68. The van der Waals surface area contributed by atoms with Crippen LogP contribution in [0.1, 0.15) is 42.8 Å². The fourth-order valence-electron chi connectivity index (χ4n) is 5.88. The molecule has 0 saturated carbocycles. The SMILES string of the molecule is CC[C@@H](CSCc1c2c3c(c(OCc4ccc(-c5ccccc5)cn4)ccc3n1Cc1ccc(Cl)cc1)CC(C)S2)C(=O)OC. The van der Waals surface area contributed by atoms with Gasteiger partial charge in [0.2, 0.25) is 0 Å². The van der Waals surface area contributed by atoms with Gasteiger partial charge in [0.25, 0.3) is 0 Å². The third-order valence-electron chi connectivity index (χ3n) is 8.31. The molecule has 0 radical (unpaired) electrons. The first-order valence-corrected chi connectivity index (χ1v) is 17.7. The molecular formula is C37H37ClN2O3S2. The summed E-state index contributed by atoms with van der Waals surface area (Å²) in [5, 5.41) is 2.42. The van der Waals surface area contributed by atoms with Crippen molar-refractivity contribution in [2.45, 2.75) is 55.7 Å². The van der Waals surface area contributed by atoms with E-state index in [2.05, 4.69) is 54.0 Å². The summed E-state index contributed by atoms with van der Waals surface area (Å²) in [4.78, 5) is 18.3. The van der Waals surface area contributed by atoms with Crippen molar-refractivity contribution in [3.05, 3.63) is 113 Å². The average molecular weight is 657 g/mol. The van der Waals surface area contributed by atoms with Gasteiger partial charge >= 0.3 is 5.97 Å². The predicted octanol–water partition coefficient (Wildman–Crippen LogP) is 9.45. The molecule has 232 valence electrons. The molecule has 8 heteroatoms. The number of methoxy groups -OCH3 is 1. The Balaban J connectivity index is 1.31. The zero-order valence-corrected chi connectivity index (χ0v) is 28.2. The maximum absolute atomic E-state index is 12.3. The molecule has 0 fully saturated rings. The van der Waals surface area contributed by atoms with Gasteiger partial charge in [-0.2, -0.15) is 11.8 Å². The molecule has 0 bridgehead atoms. The van der Waals surface area contributed by atoms with E-state index in [1.807, 2.05) is 61.3 Å². The molecule has 1 aliphatic heterocycles. The summed E-state index contributed by atoms with van der Waals surface area (Å²) in [5.74, 6) is 2.21. The zero-order chi connectivity index (χ0) is 31.3. The number of halogens is 1. The highest BCUT2D eigenvalue weighted by molar-refractivity contribution is 8.00. The Bertz CT molecular complexity index is 1770. The number of benzene rings is 3. The van der Waals surface area contributed by atoms with Crippen LogP contribution in [0.5, 0.6) is 5.75 Å². The molecule has 5 nitrogen and oxygen atoms in total. The number of pyridine rings is 1. The van der Waals surface area contributed by atoms with Crippen molar-refractivity contribution in [1.29, 1.82) is 0 Å². The summed E-state index contributed by atoms with van der Waals surface area (Å²) in [6.45, 7) is 5.48. The van der Waals surface area contributed by atoms with E-state index in [1.165, 1.54) is 39.7 Å². The monoisotopic (exact) mass is 656 g/mol. The minimum atomic E-state index is -0.135. The number of ether oxygens (including phenoxy) is 2. The average Bonchev–Trinajstić information content (AvgIpc) is 3.36. The van der Waals surface area contributed by atoms with Crippen LogP contribution >= 0.6 is 35.1 Å². The fraction of sp³-hybridized carbons (Fsp3) is 0.297. The summed E-state index contributed by atoms with van der Waals surface area (Å²) >= 11 is 9.97. The third-order valence-corrected chi connectivity index (χ3v) is 10.9. The van der Waals surface area contributed by atoms with Gasteiger partial charge in [0.1, 0.15) is 12.4 Å².